The molecule has 1 amide bonds. The van der Waals surface area contributed by atoms with Crippen molar-refractivity contribution in [3.63, 3.8) is 0 Å². The van der Waals surface area contributed by atoms with Crippen LogP contribution in [0, 0.1) is 6.92 Å². The molecule has 0 saturated carbocycles. The summed E-state index contributed by atoms with van der Waals surface area (Å²) in [5.74, 6) is -0.550. The van der Waals surface area contributed by atoms with Gasteiger partial charge >= 0.3 is 6.18 Å². The van der Waals surface area contributed by atoms with Crippen LogP contribution >= 0.6 is 11.8 Å². The average molecular weight is 338 g/mol. The molecule has 0 aliphatic carbocycles. The van der Waals surface area contributed by atoms with E-state index >= 15 is 0 Å². The van der Waals surface area contributed by atoms with Crippen molar-refractivity contribution < 1.29 is 18.0 Å². The number of hydrogen-bond acceptors (Lipinski definition) is 3. The first kappa shape index (κ1) is 15.7. The van der Waals surface area contributed by atoms with Crippen LogP contribution in [0.3, 0.4) is 0 Å². The van der Waals surface area contributed by atoms with E-state index < -0.39 is 23.1 Å². The molecular weight excluding hydrogens is 325 g/mol. The number of carbonyl (C=O) groups is 1. The van der Waals surface area contributed by atoms with E-state index in [-0.39, 0.29) is 5.56 Å². The number of halogens is 3. The Balaban J connectivity index is 1.71. The van der Waals surface area contributed by atoms with E-state index in [0.717, 1.165) is 28.3 Å². The minimum absolute atomic E-state index is 0.0191. The Morgan fingerprint density at radius 3 is 2.74 bits per heavy atom. The van der Waals surface area contributed by atoms with E-state index in [9.17, 15) is 18.0 Å². The van der Waals surface area contributed by atoms with Gasteiger partial charge < -0.3 is 10.6 Å². The fourth-order valence-corrected chi connectivity index (χ4v) is 3.36. The Bertz CT molecular complexity index is 761. The minimum atomic E-state index is -4.47. The lowest BCUT2D eigenvalue weighted by Crippen LogP contribution is -2.35. The smallest absolute Gasteiger partial charge is 0.356 e. The van der Waals surface area contributed by atoms with Crippen LogP contribution in [0.4, 0.5) is 18.9 Å². The molecule has 3 nitrogen and oxygen atoms in total. The highest BCUT2D eigenvalue weighted by atomic mass is 32.2. The van der Waals surface area contributed by atoms with Gasteiger partial charge in [-0.05, 0) is 42.8 Å². The van der Waals surface area contributed by atoms with Gasteiger partial charge in [0.25, 0.3) is 5.91 Å². The first-order valence-electron chi connectivity index (χ1n) is 6.85. The first-order valence-corrected chi connectivity index (χ1v) is 7.73. The number of aryl methyl sites for hydroxylation is 1. The molecule has 0 spiro atoms. The molecule has 0 radical (unpaired) electrons. The van der Waals surface area contributed by atoms with E-state index in [0.29, 0.717) is 0 Å². The van der Waals surface area contributed by atoms with E-state index in [1.165, 1.54) is 23.9 Å². The molecule has 0 aromatic heterocycles. The normalized spacial score (nSPS) is 16.6. The molecule has 0 saturated heterocycles. The van der Waals surface area contributed by atoms with Crippen LogP contribution in [0.15, 0.2) is 47.4 Å². The third-order valence-electron chi connectivity index (χ3n) is 3.38. The van der Waals surface area contributed by atoms with Crippen LogP contribution in [-0.2, 0) is 6.18 Å². The summed E-state index contributed by atoms with van der Waals surface area (Å²) >= 11 is 1.42. The van der Waals surface area contributed by atoms with Gasteiger partial charge in [-0.25, -0.2) is 0 Å². The summed E-state index contributed by atoms with van der Waals surface area (Å²) in [6.07, 6.45) is -4.47. The van der Waals surface area contributed by atoms with E-state index in [1.54, 1.807) is 0 Å². The molecule has 120 valence electrons. The largest absolute Gasteiger partial charge is 0.416 e. The molecule has 1 aliphatic heterocycles. The van der Waals surface area contributed by atoms with Crippen molar-refractivity contribution in [3.05, 3.63) is 59.2 Å². The number of hydrogen-bond donors (Lipinski definition) is 2. The third kappa shape index (κ3) is 3.44. The molecule has 0 fully saturated rings. The lowest BCUT2D eigenvalue weighted by Gasteiger charge is -2.14. The van der Waals surface area contributed by atoms with Crippen LogP contribution in [-0.4, -0.2) is 11.4 Å². The molecule has 1 aliphatic rings. The number of alkyl halides is 3. The zero-order valence-corrected chi connectivity index (χ0v) is 12.9. The zero-order chi connectivity index (χ0) is 16.6. The van der Waals surface area contributed by atoms with E-state index in [4.69, 9.17) is 0 Å². The zero-order valence-electron chi connectivity index (χ0n) is 12.1. The predicted molar refractivity (Wildman–Crippen MR) is 83.4 cm³/mol. The second-order valence-electron chi connectivity index (χ2n) is 5.19. The van der Waals surface area contributed by atoms with Gasteiger partial charge in [-0.1, -0.05) is 23.9 Å². The fraction of sp³-hybridized carbons (Fsp3) is 0.188. The number of nitrogens with one attached hydrogen (secondary N) is 2. The van der Waals surface area contributed by atoms with Crippen molar-refractivity contribution in [2.75, 3.05) is 5.32 Å². The van der Waals surface area contributed by atoms with E-state index in [1.807, 2.05) is 25.1 Å². The number of benzene rings is 2. The van der Waals surface area contributed by atoms with Gasteiger partial charge in [0, 0.05) is 10.5 Å². The number of anilines is 1. The minimum Gasteiger partial charge on any atom is -0.356 e. The molecular formula is C16H13F3N2OS. The molecule has 3 rings (SSSR count). The summed E-state index contributed by atoms with van der Waals surface area (Å²) in [4.78, 5) is 13.2. The van der Waals surface area contributed by atoms with Crippen LogP contribution < -0.4 is 10.6 Å². The molecule has 1 unspecified atom stereocenters. The molecule has 2 aromatic rings. The lowest BCUT2D eigenvalue weighted by atomic mass is 10.1. The number of thioether (sulfide) groups is 1. The van der Waals surface area contributed by atoms with E-state index in [2.05, 4.69) is 10.6 Å². The summed E-state index contributed by atoms with van der Waals surface area (Å²) in [7, 11) is 0. The predicted octanol–water partition coefficient (Wildman–Crippen LogP) is 4.25. The maximum Gasteiger partial charge on any atom is 0.416 e. The maximum atomic E-state index is 12.7. The molecule has 2 N–H and O–H groups in total. The number of amides is 1. The maximum absolute atomic E-state index is 12.7. The Labute approximate surface area is 135 Å². The van der Waals surface area contributed by atoms with Gasteiger partial charge in [0.15, 0.2) is 5.50 Å². The Morgan fingerprint density at radius 2 is 2.00 bits per heavy atom. The number of fused-ring (bicyclic) bond motifs is 1. The monoisotopic (exact) mass is 338 g/mol. The van der Waals surface area contributed by atoms with Gasteiger partial charge in [-0.15, -0.1) is 0 Å². The second kappa shape index (κ2) is 5.81. The van der Waals surface area contributed by atoms with Crippen molar-refractivity contribution in [3.8, 4) is 0 Å². The highest BCUT2D eigenvalue weighted by Crippen LogP contribution is 2.37. The van der Waals surface area contributed by atoms with Gasteiger partial charge in [0.1, 0.15) is 0 Å². The third-order valence-corrected chi connectivity index (χ3v) is 4.45. The van der Waals surface area contributed by atoms with Crippen molar-refractivity contribution in [1.82, 2.24) is 5.32 Å². The number of rotatable bonds is 2. The van der Waals surface area contributed by atoms with Crippen LogP contribution in [0.25, 0.3) is 0 Å². The molecule has 7 heteroatoms. The van der Waals surface area contributed by atoms with Crippen LogP contribution in [0.5, 0.6) is 0 Å². The first-order chi connectivity index (χ1) is 10.8. The second-order valence-corrected chi connectivity index (χ2v) is 6.34. The molecule has 2 aromatic carbocycles. The quantitative estimate of drug-likeness (QED) is 0.860. The van der Waals surface area contributed by atoms with Gasteiger partial charge in [0.2, 0.25) is 0 Å². The Morgan fingerprint density at radius 1 is 1.22 bits per heavy atom. The van der Waals surface area contributed by atoms with Gasteiger partial charge in [-0.3, -0.25) is 4.79 Å². The fourth-order valence-electron chi connectivity index (χ4n) is 2.25. The molecule has 23 heavy (non-hydrogen) atoms. The summed E-state index contributed by atoms with van der Waals surface area (Å²) in [5, 5.41) is 5.80. The summed E-state index contributed by atoms with van der Waals surface area (Å²) in [6.45, 7) is 1.97. The van der Waals surface area contributed by atoms with Crippen molar-refractivity contribution in [2.24, 2.45) is 0 Å². The lowest BCUT2D eigenvalue weighted by molar-refractivity contribution is -0.137. The van der Waals surface area contributed by atoms with Crippen molar-refractivity contribution in [1.29, 1.82) is 0 Å². The van der Waals surface area contributed by atoms with Crippen LogP contribution in [0.1, 0.15) is 21.5 Å². The van der Waals surface area contributed by atoms with Gasteiger partial charge in [-0.2, -0.15) is 13.2 Å². The Hall–Kier alpha value is -2.15. The average Bonchev–Trinajstić information content (AvgIpc) is 2.87. The number of carbonyl (C=O) groups excluding carboxylic acids is 1. The Kier molecular flexibility index (Phi) is 3.97. The summed E-state index contributed by atoms with van der Waals surface area (Å²) in [5.41, 5.74) is 0.733. The summed E-state index contributed by atoms with van der Waals surface area (Å²) in [6, 6.07) is 10.2. The standard InChI is InChI=1S/C16H13F3N2OS/c1-9-5-6-12-13(7-9)23-15(20-12)21-14(22)10-3-2-4-11(8-10)16(17,18)19/h2-8,15,20H,1H3,(H,21,22). The SMILES string of the molecule is Cc1ccc2c(c1)SC(NC(=O)c1cccc(C(F)(F)F)c1)N2. The van der Waals surface area contributed by atoms with Crippen molar-refractivity contribution in [2.45, 2.75) is 23.5 Å². The van der Waals surface area contributed by atoms with Crippen LogP contribution in [0.2, 0.25) is 0 Å². The summed E-state index contributed by atoms with van der Waals surface area (Å²) < 4.78 is 38.1. The molecule has 1 atom stereocenters. The molecule has 0 bridgehead atoms. The van der Waals surface area contributed by atoms with Crippen molar-refractivity contribution >= 4 is 23.4 Å². The highest BCUT2D eigenvalue weighted by Gasteiger charge is 2.31. The topological polar surface area (TPSA) is 41.1 Å². The highest BCUT2D eigenvalue weighted by molar-refractivity contribution is 8.00. The molecule has 1 heterocycles. The van der Waals surface area contributed by atoms with Gasteiger partial charge in [0.05, 0.1) is 11.3 Å².